The van der Waals surface area contributed by atoms with E-state index >= 15 is 0 Å². The van der Waals surface area contributed by atoms with Gasteiger partial charge >= 0.3 is 5.97 Å². The number of carbonyl (C=O) groups excluding carboxylic acids is 2. The van der Waals surface area contributed by atoms with E-state index in [0.29, 0.717) is 12.1 Å². The molecule has 2 aromatic rings. The fourth-order valence-electron chi connectivity index (χ4n) is 2.19. The van der Waals surface area contributed by atoms with E-state index < -0.39 is 0 Å². The van der Waals surface area contributed by atoms with Crippen LogP contribution in [0.5, 0.6) is 0 Å². The van der Waals surface area contributed by atoms with E-state index in [-0.39, 0.29) is 24.4 Å². The molecule has 1 amide bonds. The number of ether oxygens (including phenoxy) is 1. The number of nitrogens with one attached hydrogen (secondary N) is 1. The van der Waals surface area contributed by atoms with Crippen molar-refractivity contribution in [1.29, 1.82) is 0 Å². The summed E-state index contributed by atoms with van der Waals surface area (Å²) in [5.74, 6) is -1.07. The zero-order chi connectivity index (χ0) is 16.7. The molecule has 0 aliphatic rings. The summed E-state index contributed by atoms with van der Waals surface area (Å²) in [7, 11) is 0. The Bertz CT molecular complexity index is 656. The van der Waals surface area contributed by atoms with Crippen LogP contribution in [0.2, 0.25) is 0 Å². The van der Waals surface area contributed by atoms with Crippen molar-refractivity contribution in [3.05, 3.63) is 63.7 Å². The summed E-state index contributed by atoms with van der Waals surface area (Å²) in [4.78, 5) is 24.0. The van der Waals surface area contributed by atoms with Crippen molar-refractivity contribution in [2.24, 2.45) is 0 Å². The van der Waals surface area contributed by atoms with E-state index in [1.807, 2.05) is 49.4 Å². The lowest BCUT2D eigenvalue weighted by molar-refractivity contribution is -0.149. The van der Waals surface area contributed by atoms with Gasteiger partial charge in [0.2, 0.25) is 0 Å². The van der Waals surface area contributed by atoms with Crippen molar-refractivity contribution in [2.45, 2.75) is 19.3 Å². The first-order chi connectivity index (χ1) is 11.1. The maximum atomic E-state index is 12.2. The summed E-state index contributed by atoms with van der Waals surface area (Å²) in [6.07, 6.45) is 0.627. The Balaban J connectivity index is 1.87. The predicted molar refractivity (Wildman–Crippen MR) is 98.2 cm³/mol. The van der Waals surface area contributed by atoms with Gasteiger partial charge in [-0.15, -0.1) is 0 Å². The lowest BCUT2D eigenvalue weighted by Crippen LogP contribution is -2.23. The van der Waals surface area contributed by atoms with E-state index in [1.54, 1.807) is 12.1 Å². The van der Waals surface area contributed by atoms with Crippen molar-refractivity contribution in [2.75, 3.05) is 11.9 Å². The van der Waals surface area contributed by atoms with Gasteiger partial charge < -0.3 is 10.1 Å². The van der Waals surface area contributed by atoms with Crippen LogP contribution in [0.25, 0.3) is 0 Å². The molecule has 0 aromatic heterocycles. The molecule has 2 aromatic carbocycles. The SMILES string of the molecule is CC[C@H](C(=O)OCC(=O)Nc1ccc(I)cc1)c1ccccc1. The standard InChI is InChI=1S/C18H18INO3/c1-2-16(13-6-4-3-5-7-13)18(22)23-12-17(21)20-15-10-8-14(19)9-11-15/h3-11,16H,2,12H2,1H3,(H,20,21)/t16-/m0/s1. The van der Waals surface area contributed by atoms with Gasteiger partial charge in [0, 0.05) is 9.26 Å². The molecule has 0 aliphatic carbocycles. The van der Waals surface area contributed by atoms with Crippen molar-refractivity contribution in [3.63, 3.8) is 0 Å². The van der Waals surface area contributed by atoms with Gasteiger partial charge in [-0.05, 0) is 58.8 Å². The van der Waals surface area contributed by atoms with Crippen molar-refractivity contribution >= 4 is 40.2 Å². The average Bonchev–Trinajstić information content (AvgIpc) is 2.57. The second-order valence-corrected chi connectivity index (χ2v) is 6.28. The summed E-state index contributed by atoms with van der Waals surface area (Å²) in [5.41, 5.74) is 1.58. The van der Waals surface area contributed by atoms with E-state index in [4.69, 9.17) is 4.74 Å². The second-order valence-electron chi connectivity index (χ2n) is 5.03. The molecule has 0 unspecified atom stereocenters. The Kier molecular flexibility index (Phi) is 6.58. The Hall–Kier alpha value is -1.89. The van der Waals surface area contributed by atoms with Gasteiger partial charge in [0.25, 0.3) is 5.91 Å². The third-order valence-electron chi connectivity index (χ3n) is 3.37. The summed E-state index contributed by atoms with van der Waals surface area (Å²) in [6.45, 7) is 1.64. The number of halogens is 1. The molecule has 0 radical (unpaired) electrons. The summed E-state index contributed by atoms with van der Waals surface area (Å²) in [5, 5.41) is 2.70. The number of hydrogen-bond donors (Lipinski definition) is 1. The summed E-state index contributed by atoms with van der Waals surface area (Å²) in [6, 6.07) is 16.8. The van der Waals surface area contributed by atoms with Crippen LogP contribution in [-0.4, -0.2) is 18.5 Å². The third-order valence-corrected chi connectivity index (χ3v) is 4.09. The minimum atomic E-state index is -0.378. The van der Waals surface area contributed by atoms with E-state index in [2.05, 4.69) is 27.9 Å². The molecule has 23 heavy (non-hydrogen) atoms. The number of esters is 1. The third kappa shape index (κ3) is 5.35. The molecule has 5 heteroatoms. The largest absolute Gasteiger partial charge is 0.455 e. The van der Waals surface area contributed by atoms with Crippen LogP contribution in [0.15, 0.2) is 54.6 Å². The molecule has 0 heterocycles. The van der Waals surface area contributed by atoms with Crippen molar-refractivity contribution in [3.8, 4) is 0 Å². The number of rotatable bonds is 6. The van der Waals surface area contributed by atoms with Gasteiger partial charge in [-0.2, -0.15) is 0 Å². The molecular formula is C18H18INO3. The molecular weight excluding hydrogens is 405 g/mol. The number of carbonyl (C=O) groups is 2. The van der Waals surface area contributed by atoms with Gasteiger partial charge in [-0.3, -0.25) is 9.59 Å². The number of hydrogen-bond acceptors (Lipinski definition) is 3. The van der Waals surface area contributed by atoms with Gasteiger partial charge in [-0.25, -0.2) is 0 Å². The van der Waals surface area contributed by atoms with Gasteiger partial charge in [-0.1, -0.05) is 37.3 Å². The molecule has 1 atom stereocenters. The lowest BCUT2D eigenvalue weighted by atomic mass is 9.97. The van der Waals surface area contributed by atoms with E-state index in [1.165, 1.54) is 0 Å². The second kappa shape index (κ2) is 8.67. The topological polar surface area (TPSA) is 55.4 Å². The highest BCUT2D eigenvalue weighted by Gasteiger charge is 2.20. The van der Waals surface area contributed by atoms with Crippen LogP contribution in [-0.2, 0) is 14.3 Å². The molecule has 0 saturated heterocycles. The Morgan fingerprint density at radius 2 is 1.74 bits per heavy atom. The first-order valence-electron chi connectivity index (χ1n) is 7.37. The molecule has 2 rings (SSSR count). The molecule has 1 N–H and O–H groups in total. The van der Waals surface area contributed by atoms with Crippen LogP contribution in [0.3, 0.4) is 0 Å². The lowest BCUT2D eigenvalue weighted by Gasteiger charge is -2.14. The molecule has 0 spiro atoms. The molecule has 4 nitrogen and oxygen atoms in total. The molecule has 0 saturated carbocycles. The van der Waals surface area contributed by atoms with E-state index in [9.17, 15) is 9.59 Å². The highest BCUT2D eigenvalue weighted by molar-refractivity contribution is 14.1. The zero-order valence-electron chi connectivity index (χ0n) is 12.8. The van der Waals surface area contributed by atoms with Crippen LogP contribution >= 0.6 is 22.6 Å². The Labute approximate surface area is 149 Å². The smallest absolute Gasteiger partial charge is 0.313 e. The average molecular weight is 423 g/mol. The van der Waals surface area contributed by atoms with E-state index in [0.717, 1.165) is 9.13 Å². The number of amides is 1. The van der Waals surface area contributed by atoms with Crippen molar-refractivity contribution < 1.29 is 14.3 Å². The number of anilines is 1. The quantitative estimate of drug-likeness (QED) is 0.565. The van der Waals surface area contributed by atoms with Crippen LogP contribution in [0.4, 0.5) is 5.69 Å². The molecule has 0 bridgehead atoms. The van der Waals surface area contributed by atoms with Crippen LogP contribution in [0.1, 0.15) is 24.8 Å². The number of benzene rings is 2. The monoisotopic (exact) mass is 423 g/mol. The minimum absolute atomic E-state index is 0.284. The van der Waals surface area contributed by atoms with Gasteiger partial charge in [0.15, 0.2) is 6.61 Å². The maximum absolute atomic E-state index is 12.2. The molecule has 0 fully saturated rings. The van der Waals surface area contributed by atoms with Gasteiger partial charge in [0.05, 0.1) is 5.92 Å². The predicted octanol–water partition coefficient (Wildman–Crippen LogP) is 3.97. The van der Waals surface area contributed by atoms with Crippen molar-refractivity contribution in [1.82, 2.24) is 0 Å². The Morgan fingerprint density at radius 3 is 2.35 bits per heavy atom. The van der Waals surface area contributed by atoms with Gasteiger partial charge in [0.1, 0.15) is 0 Å². The van der Waals surface area contributed by atoms with Crippen LogP contribution < -0.4 is 5.32 Å². The minimum Gasteiger partial charge on any atom is -0.455 e. The first-order valence-corrected chi connectivity index (χ1v) is 8.45. The summed E-state index contributed by atoms with van der Waals surface area (Å²) >= 11 is 2.19. The Morgan fingerprint density at radius 1 is 1.09 bits per heavy atom. The zero-order valence-corrected chi connectivity index (χ0v) is 14.9. The molecule has 120 valence electrons. The highest BCUT2D eigenvalue weighted by Crippen LogP contribution is 2.20. The first kappa shape index (κ1) is 17.5. The normalized spacial score (nSPS) is 11.6. The fraction of sp³-hybridized carbons (Fsp3) is 0.222. The highest BCUT2D eigenvalue weighted by atomic mass is 127. The maximum Gasteiger partial charge on any atom is 0.313 e. The van der Waals surface area contributed by atoms with Crippen LogP contribution in [0, 0.1) is 3.57 Å². The molecule has 0 aliphatic heterocycles. The fourth-order valence-corrected chi connectivity index (χ4v) is 2.55. The summed E-state index contributed by atoms with van der Waals surface area (Å²) < 4.78 is 6.24.